The summed E-state index contributed by atoms with van der Waals surface area (Å²) < 4.78 is 1.38. The van der Waals surface area contributed by atoms with E-state index in [0.717, 1.165) is 0 Å². The van der Waals surface area contributed by atoms with Crippen molar-refractivity contribution in [3.63, 3.8) is 0 Å². The van der Waals surface area contributed by atoms with Gasteiger partial charge in [-0.3, -0.25) is 4.79 Å². The van der Waals surface area contributed by atoms with Crippen LogP contribution in [0.15, 0.2) is 48.5 Å². The standard InChI is InChI=1S/C19H15ClN4O3/c20-11-1-5-14(6-2-11)24-17-15(16(22-24)19(26)27)9-10-23(18(17)25)13-7-3-12(21)4-8-13/h1-8H,9-10,21H2,(H,26,27). The highest BCUT2D eigenvalue weighted by Gasteiger charge is 2.35. The van der Waals surface area contributed by atoms with Crippen LogP contribution >= 0.6 is 11.6 Å². The Bertz CT molecular complexity index is 1040. The maximum absolute atomic E-state index is 13.2. The van der Waals surface area contributed by atoms with Gasteiger partial charge in [-0.05, 0) is 55.0 Å². The van der Waals surface area contributed by atoms with Gasteiger partial charge in [-0.2, -0.15) is 5.10 Å². The van der Waals surface area contributed by atoms with Crippen LogP contribution in [-0.2, 0) is 6.42 Å². The smallest absolute Gasteiger partial charge is 0.356 e. The van der Waals surface area contributed by atoms with Crippen molar-refractivity contribution in [2.45, 2.75) is 6.42 Å². The second-order valence-corrected chi connectivity index (χ2v) is 6.60. The average Bonchev–Trinajstić information content (AvgIpc) is 3.04. The van der Waals surface area contributed by atoms with Gasteiger partial charge in [-0.15, -0.1) is 0 Å². The minimum atomic E-state index is -1.16. The van der Waals surface area contributed by atoms with Gasteiger partial charge in [-0.25, -0.2) is 9.48 Å². The lowest BCUT2D eigenvalue weighted by molar-refractivity contribution is 0.0688. The Labute approximate surface area is 159 Å². The van der Waals surface area contributed by atoms with Gasteiger partial charge in [0, 0.05) is 28.5 Å². The molecule has 1 aromatic heterocycles. The first-order valence-corrected chi connectivity index (χ1v) is 8.62. The molecule has 0 radical (unpaired) electrons. The van der Waals surface area contributed by atoms with E-state index in [2.05, 4.69) is 5.10 Å². The van der Waals surface area contributed by atoms with Crippen molar-refractivity contribution in [2.75, 3.05) is 17.2 Å². The summed E-state index contributed by atoms with van der Waals surface area (Å²) in [7, 11) is 0. The molecule has 1 aliphatic rings. The van der Waals surface area contributed by atoms with E-state index >= 15 is 0 Å². The molecule has 1 amide bonds. The van der Waals surface area contributed by atoms with Crippen molar-refractivity contribution in [3.05, 3.63) is 70.5 Å². The molecule has 2 heterocycles. The lowest BCUT2D eigenvalue weighted by Crippen LogP contribution is -2.39. The monoisotopic (exact) mass is 382 g/mol. The molecule has 0 spiro atoms. The Morgan fingerprint density at radius 1 is 1.07 bits per heavy atom. The SMILES string of the molecule is Nc1ccc(N2CCc3c(C(=O)O)nn(-c4ccc(Cl)cc4)c3C2=O)cc1. The summed E-state index contributed by atoms with van der Waals surface area (Å²) in [6, 6.07) is 13.7. The maximum Gasteiger partial charge on any atom is 0.356 e. The summed E-state index contributed by atoms with van der Waals surface area (Å²) in [5, 5.41) is 14.2. The highest BCUT2D eigenvalue weighted by Crippen LogP contribution is 2.29. The molecule has 0 bridgehead atoms. The second kappa shape index (κ2) is 6.44. The first kappa shape index (κ1) is 17.1. The van der Waals surface area contributed by atoms with Gasteiger partial charge < -0.3 is 15.7 Å². The van der Waals surface area contributed by atoms with Gasteiger partial charge in [0.25, 0.3) is 5.91 Å². The first-order chi connectivity index (χ1) is 13.0. The number of fused-ring (bicyclic) bond motifs is 1. The van der Waals surface area contributed by atoms with Crippen molar-refractivity contribution < 1.29 is 14.7 Å². The zero-order valence-electron chi connectivity index (χ0n) is 14.1. The number of aromatic carboxylic acids is 1. The normalized spacial score (nSPS) is 13.5. The molecule has 3 aromatic rings. The second-order valence-electron chi connectivity index (χ2n) is 6.17. The largest absolute Gasteiger partial charge is 0.476 e. The number of amides is 1. The highest BCUT2D eigenvalue weighted by molar-refractivity contribution is 6.30. The summed E-state index contributed by atoms with van der Waals surface area (Å²) in [5.41, 5.74) is 8.16. The molecule has 0 atom stereocenters. The Hall–Kier alpha value is -3.32. The predicted molar refractivity (Wildman–Crippen MR) is 102 cm³/mol. The quantitative estimate of drug-likeness (QED) is 0.678. The average molecular weight is 383 g/mol. The third-order valence-corrected chi connectivity index (χ3v) is 4.75. The summed E-state index contributed by atoms with van der Waals surface area (Å²) >= 11 is 5.93. The van der Waals surface area contributed by atoms with Gasteiger partial charge in [0.2, 0.25) is 0 Å². The Balaban J connectivity index is 1.85. The van der Waals surface area contributed by atoms with Gasteiger partial charge >= 0.3 is 5.97 Å². The number of carboxylic acids is 1. The van der Waals surface area contributed by atoms with E-state index in [0.29, 0.717) is 40.6 Å². The van der Waals surface area contributed by atoms with Crippen LogP contribution < -0.4 is 10.6 Å². The molecule has 1 aliphatic heterocycles. The van der Waals surface area contributed by atoms with Gasteiger partial charge in [0.15, 0.2) is 5.69 Å². The number of rotatable bonds is 3. The molecule has 0 aliphatic carbocycles. The molecule has 0 saturated carbocycles. The van der Waals surface area contributed by atoms with Crippen LogP contribution in [0, 0.1) is 0 Å². The molecule has 2 aromatic carbocycles. The molecule has 3 N–H and O–H groups in total. The highest BCUT2D eigenvalue weighted by atomic mass is 35.5. The number of carbonyl (C=O) groups is 2. The fourth-order valence-corrected chi connectivity index (χ4v) is 3.33. The third kappa shape index (κ3) is 2.92. The molecule has 0 fully saturated rings. The predicted octanol–water partition coefficient (Wildman–Crippen LogP) is 3.01. The van der Waals surface area contributed by atoms with Crippen molar-refractivity contribution in [2.24, 2.45) is 0 Å². The number of nitrogens with zero attached hydrogens (tertiary/aromatic N) is 3. The summed E-state index contributed by atoms with van der Waals surface area (Å²) in [6.07, 6.45) is 0.390. The van der Waals surface area contributed by atoms with E-state index < -0.39 is 5.97 Å². The van der Waals surface area contributed by atoms with E-state index in [1.165, 1.54) is 4.68 Å². The Kier molecular flexibility index (Phi) is 4.08. The molecule has 27 heavy (non-hydrogen) atoms. The zero-order valence-corrected chi connectivity index (χ0v) is 14.8. The Morgan fingerprint density at radius 3 is 2.33 bits per heavy atom. The molecular weight excluding hydrogens is 368 g/mol. The number of nitrogen functional groups attached to an aromatic ring is 1. The van der Waals surface area contributed by atoms with E-state index in [9.17, 15) is 14.7 Å². The molecule has 8 heteroatoms. The molecule has 0 saturated heterocycles. The van der Waals surface area contributed by atoms with Crippen LogP contribution in [0.4, 0.5) is 11.4 Å². The van der Waals surface area contributed by atoms with E-state index in [-0.39, 0.29) is 17.3 Å². The van der Waals surface area contributed by atoms with Crippen LogP contribution in [0.1, 0.15) is 26.5 Å². The number of halogens is 1. The molecule has 7 nitrogen and oxygen atoms in total. The van der Waals surface area contributed by atoms with Crippen LogP contribution in [0.2, 0.25) is 5.02 Å². The van der Waals surface area contributed by atoms with Gasteiger partial charge in [-0.1, -0.05) is 11.6 Å². The molecule has 136 valence electrons. The summed E-state index contributed by atoms with van der Waals surface area (Å²) in [6.45, 7) is 0.363. The van der Waals surface area contributed by atoms with Crippen molar-refractivity contribution >= 4 is 34.9 Å². The van der Waals surface area contributed by atoms with E-state index in [1.807, 2.05) is 0 Å². The van der Waals surface area contributed by atoms with Crippen molar-refractivity contribution in [1.82, 2.24) is 9.78 Å². The van der Waals surface area contributed by atoms with Gasteiger partial charge in [0.1, 0.15) is 5.69 Å². The van der Waals surface area contributed by atoms with E-state index in [4.69, 9.17) is 17.3 Å². The molecular formula is C19H15ClN4O3. The van der Waals surface area contributed by atoms with Gasteiger partial charge in [0.05, 0.1) is 5.69 Å². The number of carboxylic acid groups (broad SMARTS) is 1. The number of carbonyl (C=O) groups excluding carboxylic acids is 1. The third-order valence-electron chi connectivity index (χ3n) is 4.50. The number of nitrogens with two attached hydrogens (primary N) is 1. The van der Waals surface area contributed by atoms with Crippen LogP contribution in [-0.4, -0.2) is 33.3 Å². The molecule has 4 rings (SSSR count). The number of benzene rings is 2. The fraction of sp³-hybridized carbons (Fsp3) is 0.105. The lowest BCUT2D eigenvalue weighted by Gasteiger charge is -2.27. The number of aromatic nitrogens is 2. The number of hydrogen-bond acceptors (Lipinski definition) is 4. The minimum Gasteiger partial charge on any atom is -0.476 e. The topological polar surface area (TPSA) is 101 Å². The van der Waals surface area contributed by atoms with E-state index in [1.54, 1.807) is 53.4 Å². The Morgan fingerprint density at radius 2 is 1.70 bits per heavy atom. The first-order valence-electron chi connectivity index (χ1n) is 8.24. The fourth-order valence-electron chi connectivity index (χ4n) is 3.20. The van der Waals surface area contributed by atoms with Crippen molar-refractivity contribution in [3.8, 4) is 5.69 Å². The number of anilines is 2. The number of hydrogen-bond donors (Lipinski definition) is 2. The minimum absolute atomic E-state index is 0.106. The van der Waals surface area contributed by atoms with Crippen LogP contribution in [0.25, 0.3) is 5.69 Å². The van der Waals surface area contributed by atoms with Crippen LogP contribution in [0.5, 0.6) is 0 Å². The summed E-state index contributed by atoms with van der Waals surface area (Å²) in [4.78, 5) is 26.4. The zero-order chi connectivity index (χ0) is 19.1. The van der Waals surface area contributed by atoms with Crippen LogP contribution in [0.3, 0.4) is 0 Å². The lowest BCUT2D eigenvalue weighted by atomic mass is 10.0. The summed E-state index contributed by atoms with van der Waals surface area (Å²) in [5.74, 6) is -1.47. The van der Waals surface area contributed by atoms with Crippen molar-refractivity contribution in [1.29, 1.82) is 0 Å². The molecule has 0 unspecified atom stereocenters. The maximum atomic E-state index is 13.2.